The van der Waals surface area contributed by atoms with Crippen LogP contribution < -0.4 is 10.6 Å². The number of amides is 2. The first-order valence-corrected chi connectivity index (χ1v) is 9.26. The SMILES string of the molecule is O=C(NCC12CC3CC(CC(C3)C1)C2)C(=O)Nc1cccc([N+](=O)[O-])c1. The van der Waals surface area contributed by atoms with Crippen molar-refractivity contribution in [3.8, 4) is 0 Å². The molecule has 0 saturated heterocycles. The summed E-state index contributed by atoms with van der Waals surface area (Å²) in [6.45, 7) is 0.553. The molecule has 1 aromatic rings. The zero-order valence-electron chi connectivity index (χ0n) is 14.6. The van der Waals surface area contributed by atoms with Crippen LogP contribution in [0.25, 0.3) is 0 Å². The summed E-state index contributed by atoms with van der Waals surface area (Å²) >= 11 is 0. The maximum absolute atomic E-state index is 12.2. The third kappa shape index (κ3) is 3.30. The number of hydrogen-bond donors (Lipinski definition) is 2. The lowest BCUT2D eigenvalue weighted by atomic mass is 9.49. The second-order valence-electron chi connectivity index (χ2n) is 8.36. The van der Waals surface area contributed by atoms with E-state index < -0.39 is 16.7 Å². The second kappa shape index (κ2) is 6.37. The number of anilines is 1. The van der Waals surface area contributed by atoms with Crippen molar-refractivity contribution >= 4 is 23.2 Å². The highest BCUT2D eigenvalue weighted by Crippen LogP contribution is 2.59. The average molecular weight is 357 g/mol. The molecule has 7 nitrogen and oxygen atoms in total. The summed E-state index contributed by atoms with van der Waals surface area (Å²) in [5.74, 6) is 0.910. The van der Waals surface area contributed by atoms with Gasteiger partial charge in [0, 0.05) is 24.4 Å². The summed E-state index contributed by atoms with van der Waals surface area (Å²) in [5, 5.41) is 16.0. The first kappa shape index (κ1) is 17.0. The predicted molar refractivity (Wildman–Crippen MR) is 95.3 cm³/mol. The average Bonchev–Trinajstić information content (AvgIpc) is 2.58. The second-order valence-corrected chi connectivity index (χ2v) is 8.36. The van der Waals surface area contributed by atoms with Gasteiger partial charge in [0.1, 0.15) is 0 Å². The number of non-ortho nitro benzene ring substituents is 1. The van der Waals surface area contributed by atoms with Gasteiger partial charge in [0.05, 0.1) is 4.92 Å². The van der Waals surface area contributed by atoms with E-state index in [4.69, 9.17) is 0 Å². The van der Waals surface area contributed by atoms with Gasteiger partial charge in [0.15, 0.2) is 0 Å². The van der Waals surface area contributed by atoms with E-state index in [1.54, 1.807) is 0 Å². The van der Waals surface area contributed by atoms with Gasteiger partial charge in [-0.25, -0.2) is 0 Å². The van der Waals surface area contributed by atoms with Crippen LogP contribution in [-0.2, 0) is 9.59 Å². The van der Waals surface area contributed by atoms with Crippen molar-refractivity contribution in [1.29, 1.82) is 0 Å². The van der Waals surface area contributed by atoms with E-state index in [0.29, 0.717) is 6.54 Å². The Morgan fingerprint density at radius 3 is 2.27 bits per heavy atom. The molecule has 0 aromatic heterocycles. The van der Waals surface area contributed by atoms with Crippen molar-refractivity contribution in [3.63, 3.8) is 0 Å². The Morgan fingerprint density at radius 1 is 1.08 bits per heavy atom. The minimum absolute atomic E-state index is 0.128. The number of benzene rings is 1. The summed E-state index contributed by atoms with van der Waals surface area (Å²) in [6, 6.07) is 5.57. The first-order valence-electron chi connectivity index (χ1n) is 9.26. The van der Waals surface area contributed by atoms with Crippen LogP contribution in [-0.4, -0.2) is 23.3 Å². The maximum atomic E-state index is 12.2. The number of nitrogens with zero attached hydrogens (tertiary/aromatic N) is 1. The van der Waals surface area contributed by atoms with Crippen LogP contribution in [0.3, 0.4) is 0 Å². The van der Waals surface area contributed by atoms with Crippen LogP contribution in [0.2, 0.25) is 0 Å². The minimum atomic E-state index is -0.782. The van der Waals surface area contributed by atoms with Gasteiger partial charge in [-0.1, -0.05) is 6.07 Å². The zero-order valence-corrected chi connectivity index (χ0v) is 14.6. The molecule has 0 aliphatic heterocycles. The standard InChI is InChI=1S/C19H23N3O4/c23-17(18(24)21-15-2-1-3-16(7-15)22(25)26)20-11-19-8-12-4-13(9-19)6-14(5-12)10-19/h1-3,7,12-14H,4-6,8-11H2,(H,20,23)(H,21,24). The summed E-state index contributed by atoms with van der Waals surface area (Å²) in [6.07, 6.45) is 7.48. The zero-order chi connectivity index (χ0) is 18.3. The van der Waals surface area contributed by atoms with E-state index in [2.05, 4.69) is 10.6 Å². The molecule has 0 heterocycles. The normalized spacial score (nSPS) is 31.5. The lowest BCUT2D eigenvalue weighted by Gasteiger charge is -2.56. The molecular formula is C19H23N3O4. The van der Waals surface area contributed by atoms with E-state index in [9.17, 15) is 19.7 Å². The lowest BCUT2D eigenvalue weighted by Crippen LogP contribution is -2.52. The fraction of sp³-hybridized carbons (Fsp3) is 0.579. The van der Waals surface area contributed by atoms with Crippen molar-refractivity contribution in [1.82, 2.24) is 5.32 Å². The van der Waals surface area contributed by atoms with E-state index >= 15 is 0 Å². The van der Waals surface area contributed by atoms with Gasteiger partial charge in [0.2, 0.25) is 0 Å². The molecule has 1 aromatic carbocycles. The molecule has 0 unspecified atom stereocenters. The number of carbonyl (C=O) groups is 2. The van der Waals surface area contributed by atoms with Gasteiger partial charge in [-0.3, -0.25) is 19.7 Å². The summed E-state index contributed by atoms with van der Waals surface area (Å²) in [7, 11) is 0. The van der Waals surface area contributed by atoms with Gasteiger partial charge >= 0.3 is 11.8 Å². The number of rotatable bonds is 4. The van der Waals surface area contributed by atoms with Crippen molar-refractivity contribution in [2.75, 3.05) is 11.9 Å². The molecule has 138 valence electrons. The monoisotopic (exact) mass is 357 g/mol. The van der Waals surface area contributed by atoms with Gasteiger partial charge in [0.25, 0.3) is 5.69 Å². The van der Waals surface area contributed by atoms with Crippen LogP contribution in [0.1, 0.15) is 38.5 Å². The number of nitrogens with one attached hydrogen (secondary N) is 2. The fourth-order valence-electron chi connectivity index (χ4n) is 5.74. The van der Waals surface area contributed by atoms with E-state index in [1.165, 1.54) is 43.5 Å². The van der Waals surface area contributed by atoms with Crippen LogP contribution in [0.15, 0.2) is 24.3 Å². The maximum Gasteiger partial charge on any atom is 0.313 e. The van der Waals surface area contributed by atoms with E-state index in [-0.39, 0.29) is 16.8 Å². The van der Waals surface area contributed by atoms with Crippen molar-refractivity contribution in [2.45, 2.75) is 38.5 Å². The molecule has 5 rings (SSSR count). The highest BCUT2D eigenvalue weighted by Gasteiger charge is 2.50. The smallest absolute Gasteiger partial charge is 0.313 e. The van der Waals surface area contributed by atoms with Crippen LogP contribution >= 0.6 is 0 Å². The van der Waals surface area contributed by atoms with Crippen LogP contribution in [0.4, 0.5) is 11.4 Å². The Morgan fingerprint density at radius 2 is 1.69 bits per heavy atom. The molecule has 4 aliphatic carbocycles. The molecule has 4 aliphatic rings. The minimum Gasteiger partial charge on any atom is -0.347 e. The molecule has 4 bridgehead atoms. The summed E-state index contributed by atoms with van der Waals surface area (Å²) in [4.78, 5) is 34.6. The Balaban J connectivity index is 1.34. The van der Waals surface area contributed by atoms with Crippen molar-refractivity contribution in [2.24, 2.45) is 23.2 Å². The van der Waals surface area contributed by atoms with Crippen LogP contribution in [0.5, 0.6) is 0 Å². The molecule has 2 amide bonds. The third-order valence-corrected chi connectivity index (χ3v) is 6.31. The van der Waals surface area contributed by atoms with E-state index in [0.717, 1.165) is 37.0 Å². The highest BCUT2D eigenvalue weighted by atomic mass is 16.6. The Hall–Kier alpha value is -2.44. The quantitative estimate of drug-likeness (QED) is 0.491. The van der Waals surface area contributed by atoms with Gasteiger partial charge in [-0.2, -0.15) is 0 Å². The number of nitro benzene ring substituents is 1. The Bertz CT molecular complexity index is 726. The molecule has 2 N–H and O–H groups in total. The van der Waals surface area contributed by atoms with Gasteiger partial charge in [-0.15, -0.1) is 0 Å². The third-order valence-electron chi connectivity index (χ3n) is 6.31. The van der Waals surface area contributed by atoms with Crippen molar-refractivity contribution in [3.05, 3.63) is 34.4 Å². The lowest BCUT2D eigenvalue weighted by molar-refractivity contribution is -0.384. The Kier molecular flexibility index (Phi) is 4.17. The number of hydrogen-bond acceptors (Lipinski definition) is 4. The molecule has 26 heavy (non-hydrogen) atoms. The highest BCUT2D eigenvalue weighted by molar-refractivity contribution is 6.39. The van der Waals surface area contributed by atoms with Crippen LogP contribution in [0, 0.1) is 33.3 Å². The number of nitro groups is 1. The molecule has 0 spiro atoms. The predicted octanol–water partition coefficient (Wildman–Crippen LogP) is 2.87. The summed E-state index contributed by atoms with van der Waals surface area (Å²) in [5.41, 5.74) is 0.280. The molecule has 7 heteroatoms. The molecular weight excluding hydrogens is 334 g/mol. The van der Waals surface area contributed by atoms with Gasteiger partial charge < -0.3 is 10.6 Å². The topological polar surface area (TPSA) is 101 Å². The fourth-order valence-corrected chi connectivity index (χ4v) is 5.74. The molecule has 0 atom stereocenters. The van der Waals surface area contributed by atoms with Gasteiger partial charge in [-0.05, 0) is 67.8 Å². The first-order chi connectivity index (χ1) is 12.4. The number of carbonyl (C=O) groups excluding carboxylic acids is 2. The molecule has 4 fully saturated rings. The molecule has 0 radical (unpaired) electrons. The van der Waals surface area contributed by atoms with E-state index in [1.807, 2.05) is 0 Å². The van der Waals surface area contributed by atoms with Crippen molar-refractivity contribution < 1.29 is 14.5 Å². The molecule has 4 saturated carbocycles. The largest absolute Gasteiger partial charge is 0.347 e. The summed E-state index contributed by atoms with van der Waals surface area (Å²) < 4.78 is 0. The Labute approximate surface area is 151 Å².